The largest absolute Gasteiger partial charge is 0.393 e. The van der Waals surface area contributed by atoms with E-state index >= 15 is 4.79 Å². The molecule has 0 amide bonds. The van der Waals surface area contributed by atoms with Crippen LogP contribution in [-0.4, -0.2) is 130 Å². The lowest BCUT2D eigenvalue weighted by atomic mass is 9.44. The van der Waals surface area contributed by atoms with Crippen LogP contribution in [0.1, 0.15) is 130 Å². The minimum Gasteiger partial charge on any atom is -0.393 e. The Hall–Kier alpha value is -2.21. The monoisotopic (exact) mass is 941 g/mol. The highest BCUT2D eigenvalue weighted by Crippen LogP contribution is 2.79. The third kappa shape index (κ3) is 4.60. The summed E-state index contributed by atoms with van der Waals surface area (Å²) in [5, 5.41) is 71.7. The van der Waals surface area contributed by atoms with E-state index in [0.717, 1.165) is 66.0 Å². The van der Waals surface area contributed by atoms with Crippen LogP contribution >= 0.6 is 0 Å². The van der Waals surface area contributed by atoms with Gasteiger partial charge in [-0.3, -0.25) is 14.8 Å². The van der Waals surface area contributed by atoms with E-state index in [0.29, 0.717) is 44.4 Å². The summed E-state index contributed by atoms with van der Waals surface area (Å²) < 4.78 is 32.9. The Morgan fingerprint density at radius 2 is 1.49 bits per heavy atom. The lowest BCUT2D eigenvalue weighted by molar-refractivity contribution is -0.347. The molecule has 6 N–H and O–H groups in total. The van der Waals surface area contributed by atoms with Gasteiger partial charge in [0.25, 0.3) is 0 Å². The van der Waals surface area contributed by atoms with Gasteiger partial charge in [0, 0.05) is 41.9 Å². The van der Waals surface area contributed by atoms with Crippen LogP contribution in [0.5, 0.6) is 0 Å². The van der Waals surface area contributed by atoms with Gasteiger partial charge in [0.05, 0.1) is 64.8 Å². The molecule has 370 valence electrons. The number of epoxide rings is 1. The molecule has 0 aromatic carbocycles. The molecule has 1 aromatic rings. The number of carbonyl (C=O) groups excluding carboxylic acids is 1. The van der Waals surface area contributed by atoms with Crippen molar-refractivity contribution in [2.24, 2.45) is 63.1 Å². The highest BCUT2D eigenvalue weighted by atomic mass is 16.7. The van der Waals surface area contributed by atoms with Gasteiger partial charge in [-0.25, -0.2) is 0 Å². The highest BCUT2D eigenvalue weighted by molar-refractivity contribution is 6.01. The van der Waals surface area contributed by atoms with Crippen LogP contribution < -0.4 is 0 Å². The number of aliphatic hydroxyl groups is 6. The van der Waals surface area contributed by atoms with Gasteiger partial charge in [0.2, 0.25) is 5.79 Å². The number of rotatable bonds is 1. The van der Waals surface area contributed by atoms with E-state index in [-0.39, 0.29) is 66.5 Å². The zero-order valence-corrected chi connectivity index (χ0v) is 41.0. The fourth-order valence-corrected chi connectivity index (χ4v) is 19.8. The van der Waals surface area contributed by atoms with Crippen LogP contribution in [0, 0.1) is 63.1 Å². The van der Waals surface area contributed by atoms with E-state index in [1.165, 1.54) is 0 Å². The Balaban J connectivity index is 0.757. The van der Waals surface area contributed by atoms with Crippen LogP contribution in [0.15, 0.2) is 23.3 Å². The summed E-state index contributed by atoms with van der Waals surface area (Å²) in [7, 11) is 0. The molecule has 4 spiro atoms. The summed E-state index contributed by atoms with van der Waals surface area (Å²) in [5.74, 6) is -3.13. The first-order valence-electron chi connectivity index (χ1n) is 26.2. The molecule has 22 atom stereocenters. The molecule has 6 heterocycles. The summed E-state index contributed by atoms with van der Waals surface area (Å²) in [6.07, 6.45) is 7.77. The second-order valence-corrected chi connectivity index (χ2v) is 26.5. The molecule has 5 aliphatic heterocycles. The zero-order valence-electron chi connectivity index (χ0n) is 41.0. The first kappa shape index (κ1) is 44.5. The quantitative estimate of drug-likeness (QED) is 0.175. The molecule has 1 aromatic heterocycles. The molecule has 4 saturated carbocycles. The average Bonchev–Trinajstić information content (AvgIpc) is 3.48. The maximum absolute atomic E-state index is 15.1. The van der Waals surface area contributed by atoms with Crippen LogP contribution in [0.3, 0.4) is 0 Å². The number of aromatic nitrogens is 2. The third-order valence-corrected chi connectivity index (χ3v) is 23.4. The molecule has 8 aliphatic carbocycles. The summed E-state index contributed by atoms with van der Waals surface area (Å²) in [4.78, 5) is 26.1. The smallest absolute Gasteiger partial charge is 0.201 e. The maximum atomic E-state index is 15.1. The van der Waals surface area contributed by atoms with Crippen molar-refractivity contribution in [1.29, 1.82) is 0 Å². The normalized spacial score (nSPS) is 59.2. The number of fused-ring (bicyclic) bond motifs is 12. The van der Waals surface area contributed by atoms with Crippen molar-refractivity contribution in [2.45, 2.75) is 203 Å². The second-order valence-electron chi connectivity index (χ2n) is 26.5. The fourth-order valence-electron chi connectivity index (χ4n) is 19.8. The summed E-state index contributed by atoms with van der Waals surface area (Å²) in [6, 6.07) is 0. The Kier molecular flexibility index (Phi) is 8.34. The second kappa shape index (κ2) is 12.8. The number of ether oxygens (including phenoxy) is 5. The van der Waals surface area contributed by atoms with Crippen LogP contribution in [-0.2, 0) is 54.2 Å². The lowest BCUT2D eigenvalue weighted by Gasteiger charge is -2.62. The number of nitrogens with zero attached hydrogens (tertiary/aromatic N) is 2. The van der Waals surface area contributed by atoms with Crippen molar-refractivity contribution in [1.82, 2.24) is 9.97 Å². The summed E-state index contributed by atoms with van der Waals surface area (Å²) >= 11 is 0. The Morgan fingerprint density at radius 3 is 2.18 bits per heavy atom. The topological polar surface area (TPSA) is 214 Å². The first-order chi connectivity index (χ1) is 31.9. The Bertz CT molecular complexity index is 2550. The van der Waals surface area contributed by atoms with Crippen LogP contribution in [0.2, 0.25) is 0 Å². The van der Waals surface area contributed by atoms with E-state index in [2.05, 4.69) is 19.9 Å². The van der Waals surface area contributed by atoms with Gasteiger partial charge in [0.15, 0.2) is 11.6 Å². The standard InChI is InChI=1S/C54H72N2O12/c1-25-30-16-43-54(66-43)49(30,24-64-52(25)40(60)21-44(3,4)67-52)39(59)18-37-47(7)20-36-34(14-28(47)11-12-50(37,54)62)55-35-19-46(6)27(13-33(35)56-36)9-10-29-31(46)15-38(58)48(8)32(29)17-42-51(48,63)26(2)53(65-42)41(61)22-45(5,23-57)68-53/h17-18,25-31,38,40-43,57-58,60-63H,9-16,19-24H2,1-8H3/t25-,26+,27+,28+,29-,30-,31+,38-,40-,41-,42+,43+,45+,46+,47+,48-,49+,50+,51-,52-,53+,54+/m1/s1. The Labute approximate surface area is 398 Å². The van der Waals surface area contributed by atoms with Crippen LogP contribution in [0.4, 0.5) is 0 Å². The molecule has 14 nitrogen and oxygen atoms in total. The zero-order chi connectivity index (χ0) is 47.7. The number of hydrogen-bond acceptors (Lipinski definition) is 14. The van der Waals surface area contributed by atoms with Crippen molar-refractivity contribution < 1.29 is 59.1 Å². The van der Waals surface area contributed by atoms with Gasteiger partial charge < -0.3 is 54.3 Å². The molecule has 0 unspecified atom stereocenters. The number of allylic oxidation sites excluding steroid dienone is 1. The van der Waals surface area contributed by atoms with Crippen molar-refractivity contribution in [3.63, 3.8) is 0 Å². The maximum Gasteiger partial charge on any atom is 0.201 e. The molecule has 5 saturated heterocycles. The van der Waals surface area contributed by atoms with E-state index in [1.807, 2.05) is 34.6 Å². The molecule has 13 aliphatic rings. The van der Waals surface area contributed by atoms with E-state index in [9.17, 15) is 30.6 Å². The number of ketones is 1. The predicted octanol–water partition coefficient (Wildman–Crippen LogP) is 3.75. The minimum absolute atomic E-state index is 0.0354. The predicted molar refractivity (Wildman–Crippen MR) is 241 cm³/mol. The van der Waals surface area contributed by atoms with Crippen molar-refractivity contribution >= 4 is 5.78 Å². The number of hydrogen-bond donors (Lipinski definition) is 6. The number of aliphatic hydroxyl groups excluding tert-OH is 4. The summed E-state index contributed by atoms with van der Waals surface area (Å²) in [5.41, 5.74) is -2.42. The van der Waals surface area contributed by atoms with E-state index < -0.39 is 86.2 Å². The molecule has 0 bridgehead atoms. The summed E-state index contributed by atoms with van der Waals surface area (Å²) in [6.45, 7) is 16.0. The Morgan fingerprint density at radius 1 is 0.779 bits per heavy atom. The molecule has 0 radical (unpaired) electrons. The minimum atomic E-state index is -1.52. The average molecular weight is 941 g/mol. The molecule has 9 fully saturated rings. The van der Waals surface area contributed by atoms with E-state index in [4.69, 9.17) is 33.7 Å². The SMILES string of the molecule is C[C@@H]1[C@H]2C[C@@H]3O[C@@]34[C@]3(O)CC[C@H]5Cc6nc7c(nc6C[C@]5(C)C3=CC(=O)[C@]24CO[C@@]12OC(C)(C)C[C@H]2O)C[C@@H]1CC[C@H]2C3=C[C@@H]4O[C@]5(O[C@](C)(CO)C[C@H]5O)[C@@H](C)[C@]4(O)[C@@]3(C)[C@H](O)C[C@@H]2[C@@]1(C)C7. The lowest BCUT2D eigenvalue weighted by Crippen LogP contribution is -2.73. The highest BCUT2D eigenvalue weighted by Gasteiger charge is 2.91. The third-order valence-electron chi connectivity index (χ3n) is 23.4. The van der Waals surface area contributed by atoms with Gasteiger partial charge >= 0.3 is 0 Å². The molecule has 68 heavy (non-hydrogen) atoms. The fraction of sp³-hybridized carbons (Fsp3) is 0.833. The van der Waals surface area contributed by atoms with Gasteiger partial charge in [-0.05, 0) is 125 Å². The van der Waals surface area contributed by atoms with Crippen molar-refractivity contribution in [2.75, 3.05) is 13.2 Å². The molecule has 14 heteroatoms. The van der Waals surface area contributed by atoms with Gasteiger partial charge in [-0.15, -0.1) is 0 Å². The van der Waals surface area contributed by atoms with Gasteiger partial charge in [0.1, 0.15) is 35.1 Å². The molecular formula is C54H72N2O12. The number of carbonyl (C=O) groups is 1. The van der Waals surface area contributed by atoms with Crippen molar-refractivity contribution in [3.8, 4) is 0 Å². The van der Waals surface area contributed by atoms with Crippen LogP contribution in [0.25, 0.3) is 0 Å². The van der Waals surface area contributed by atoms with E-state index in [1.54, 1.807) is 13.0 Å². The molecule has 14 rings (SSSR count). The van der Waals surface area contributed by atoms with Gasteiger partial charge in [-0.2, -0.15) is 0 Å². The van der Waals surface area contributed by atoms with Crippen molar-refractivity contribution in [3.05, 3.63) is 46.1 Å². The first-order valence-corrected chi connectivity index (χ1v) is 26.2. The molecular weight excluding hydrogens is 869 g/mol. The van der Waals surface area contributed by atoms with Gasteiger partial charge in [-0.1, -0.05) is 46.3 Å².